The molecule has 1 heterocycles. The molecule has 0 aliphatic carbocycles. The Morgan fingerprint density at radius 1 is 1.21 bits per heavy atom. The second kappa shape index (κ2) is 4.33. The molecule has 1 aliphatic heterocycles. The van der Waals surface area contributed by atoms with Gasteiger partial charge >= 0.3 is 0 Å². The van der Waals surface area contributed by atoms with Crippen LogP contribution < -0.4 is 10.1 Å². The number of benzene rings is 1. The van der Waals surface area contributed by atoms with Crippen LogP contribution in [0.5, 0.6) is 11.5 Å². The molecule has 0 unspecified atom stereocenters. The van der Waals surface area contributed by atoms with Crippen LogP contribution in [-0.2, 0) is 0 Å². The van der Waals surface area contributed by atoms with Gasteiger partial charge in [0.25, 0.3) is 0 Å². The van der Waals surface area contributed by atoms with Crippen molar-refractivity contribution in [2.75, 3.05) is 13.1 Å². The summed E-state index contributed by atoms with van der Waals surface area (Å²) in [5.74, 6) is 0.824. The Morgan fingerprint density at radius 2 is 1.93 bits per heavy atom. The highest BCUT2D eigenvalue weighted by molar-refractivity contribution is 5.38. The molecule has 76 valence electrons. The van der Waals surface area contributed by atoms with Crippen molar-refractivity contribution < 1.29 is 9.84 Å². The first-order chi connectivity index (χ1) is 6.86. The molecular formula is C11H15NO2. The maximum Gasteiger partial charge on any atom is 0.161 e. The third-order valence-electron chi connectivity index (χ3n) is 2.45. The average molecular weight is 193 g/mol. The van der Waals surface area contributed by atoms with E-state index in [1.54, 1.807) is 18.2 Å². The van der Waals surface area contributed by atoms with Crippen LogP contribution in [0.1, 0.15) is 12.8 Å². The zero-order chi connectivity index (χ0) is 9.80. The summed E-state index contributed by atoms with van der Waals surface area (Å²) in [6.07, 6.45) is 2.26. The number of piperidine rings is 1. The summed E-state index contributed by atoms with van der Waals surface area (Å²) in [5, 5.41) is 12.8. The molecule has 3 nitrogen and oxygen atoms in total. The number of phenolic OH excluding ortho intramolecular Hbond substituents is 1. The van der Waals surface area contributed by atoms with Crippen LogP contribution >= 0.6 is 0 Å². The largest absolute Gasteiger partial charge is 0.504 e. The molecule has 0 saturated carbocycles. The van der Waals surface area contributed by atoms with Crippen LogP contribution in [0, 0.1) is 0 Å². The van der Waals surface area contributed by atoms with Gasteiger partial charge < -0.3 is 15.2 Å². The van der Waals surface area contributed by atoms with Crippen molar-refractivity contribution in [1.82, 2.24) is 5.32 Å². The fourth-order valence-corrected chi connectivity index (χ4v) is 1.65. The Morgan fingerprint density at radius 3 is 2.64 bits per heavy atom. The number of phenols is 1. The highest BCUT2D eigenvalue weighted by atomic mass is 16.5. The van der Waals surface area contributed by atoms with E-state index in [4.69, 9.17) is 4.74 Å². The molecule has 1 aromatic rings. The fraction of sp³-hybridized carbons (Fsp3) is 0.455. The lowest BCUT2D eigenvalue weighted by Gasteiger charge is -2.24. The number of ether oxygens (including phenoxy) is 1. The summed E-state index contributed by atoms with van der Waals surface area (Å²) < 4.78 is 5.70. The van der Waals surface area contributed by atoms with Crippen molar-refractivity contribution in [1.29, 1.82) is 0 Å². The standard InChI is InChI=1S/C11H15NO2/c13-10-3-1-2-4-11(10)14-9-5-7-12-8-6-9/h1-4,9,12-13H,5-8H2. The first kappa shape index (κ1) is 9.34. The number of nitrogens with one attached hydrogen (secondary N) is 1. The fourth-order valence-electron chi connectivity index (χ4n) is 1.65. The molecule has 0 atom stereocenters. The Hall–Kier alpha value is -1.22. The molecule has 0 bridgehead atoms. The Bertz CT molecular complexity index is 295. The van der Waals surface area contributed by atoms with Gasteiger partial charge in [0.1, 0.15) is 6.10 Å². The van der Waals surface area contributed by atoms with Crippen LogP contribution in [-0.4, -0.2) is 24.3 Å². The molecule has 0 spiro atoms. The van der Waals surface area contributed by atoms with Gasteiger partial charge in [-0.1, -0.05) is 12.1 Å². The van der Waals surface area contributed by atoms with Gasteiger partial charge in [-0.05, 0) is 38.1 Å². The van der Waals surface area contributed by atoms with E-state index < -0.39 is 0 Å². The third kappa shape index (κ3) is 2.17. The second-order valence-electron chi connectivity index (χ2n) is 3.53. The van der Waals surface area contributed by atoms with E-state index in [9.17, 15) is 5.11 Å². The van der Waals surface area contributed by atoms with Crippen molar-refractivity contribution in [3.8, 4) is 11.5 Å². The number of aromatic hydroxyl groups is 1. The molecule has 14 heavy (non-hydrogen) atoms. The summed E-state index contributed by atoms with van der Waals surface area (Å²) in [7, 11) is 0. The maximum atomic E-state index is 9.50. The molecular weight excluding hydrogens is 178 g/mol. The molecule has 1 aromatic carbocycles. The summed E-state index contributed by atoms with van der Waals surface area (Å²) in [6.45, 7) is 2.00. The zero-order valence-corrected chi connectivity index (χ0v) is 8.07. The van der Waals surface area contributed by atoms with Crippen LogP contribution in [0.2, 0.25) is 0 Å². The molecule has 0 aromatic heterocycles. The third-order valence-corrected chi connectivity index (χ3v) is 2.45. The molecule has 0 radical (unpaired) electrons. The van der Waals surface area contributed by atoms with Gasteiger partial charge in [0.2, 0.25) is 0 Å². The number of hydrogen-bond acceptors (Lipinski definition) is 3. The lowest BCUT2D eigenvalue weighted by atomic mass is 10.1. The predicted molar refractivity (Wildman–Crippen MR) is 54.6 cm³/mol. The van der Waals surface area contributed by atoms with E-state index in [1.807, 2.05) is 6.07 Å². The quantitative estimate of drug-likeness (QED) is 0.748. The molecule has 1 saturated heterocycles. The summed E-state index contributed by atoms with van der Waals surface area (Å²) >= 11 is 0. The van der Waals surface area contributed by atoms with Gasteiger partial charge in [-0.3, -0.25) is 0 Å². The van der Waals surface area contributed by atoms with E-state index >= 15 is 0 Å². The van der Waals surface area contributed by atoms with Crippen LogP contribution in [0.25, 0.3) is 0 Å². The van der Waals surface area contributed by atoms with Gasteiger partial charge in [-0.25, -0.2) is 0 Å². The van der Waals surface area contributed by atoms with Crippen molar-refractivity contribution >= 4 is 0 Å². The Balaban J connectivity index is 1.99. The summed E-state index contributed by atoms with van der Waals surface area (Å²) in [5.41, 5.74) is 0. The van der Waals surface area contributed by atoms with Gasteiger partial charge in [0.15, 0.2) is 11.5 Å². The molecule has 2 N–H and O–H groups in total. The van der Waals surface area contributed by atoms with Gasteiger partial charge in [0.05, 0.1) is 0 Å². The monoisotopic (exact) mass is 193 g/mol. The summed E-state index contributed by atoms with van der Waals surface area (Å²) in [6, 6.07) is 7.12. The van der Waals surface area contributed by atoms with E-state index in [1.165, 1.54) is 0 Å². The van der Waals surface area contributed by atoms with Gasteiger partial charge in [-0.15, -0.1) is 0 Å². The van der Waals surface area contributed by atoms with Crippen molar-refractivity contribution in [3.05, 3.63) is 24.3 Å². The number of para-hydroxylation sites is 2. The summed E-state index contributed by atoms with van der Waals surface area (Å²) in [4.78, 5) is 0. The Labute approximate surface area is 83.7 Å². The minimum atomic E-state index is 0.228. The minimum Gasteiger partial charge on any atom is -0.504 e. The van der Waals surface area contributed by atoms with Gasteiger partial charge in [-0.2, -0.15) is 0 Å². The van der Waals surface area contributed by atoms with E-state index in [2.05, 4.69) is 5.32 Å². The van der Waals surface area contributed by atoms with E-state index in [0.29, 0.717) is 5.75 Å². The lowest BCUT2D eigenvalue weighted by Crippen LogP contribution is -2.34. The topological polar surface area (TPSA) is 41.5 Å². The molecule has 2 rings (SSSR count). The first-order valence-corrected chi connectivity index (χ1v) is 5.01. The highest BCUT2D eigenvalue weighted by Gasteiger charge is 2.15. The average Bonchev–Trinajstić information content (AvgIpc) is 2.23. The molecule has 3 heteroatoms. The van der Waals surface area contributed by atoms with Crippen LogP contribution in [0.4, 0.5) is 0 Å². The zero-order valence-electron chi connectivity index (χ0n) is 8.07. The van der Waals surface area contributed by atoms with E-state index in [-0.39, 0.29) is 11.9 Å². The number of hydrogen-bond donors (Lipinski definition) is 2. The molecule has 1 fully saturated rings. The highest BCUT2D eigenvalue weighted by Crippen LogP contribution is 2.26. The minimum absolute atomic E-state index is 0.228. The molecule has 0 amide bonds. The normalized spacial score (nSPS) is 18.0. The number of rotatable bonds is 2. The van der Waals surface area contributed by atoms with Crippen molar-refractivity contribution in [2.45, 2.75) is 18.9 Å². The van der Waals surface area contributed by atoms with Crippen LogP contribution in [0.3, 0.4) is 0 Å². The second-order valence-corrected chi connectivity index (χ2v) is 3.53. The van der Waals surface area contributed by atoms with Crippen LogP contribution in [0.15, 0.2) is 24.3 Å². The lowest BCUT2D eigenvalue weighted by molar-refractivity contribution is 0.157. The maximum absolute atomic E-state index is 9.50. The smallest absolute Gasteiger partial charge is 0.161 e. The van der Waals surface area contributed by atoms with Crippen molar-refractivity contribution in [3.63, 3.8) is 0 Å². The first-order valence-electron chi connectivity index (χ1n) is 5.01. The Kier molecular flexibility index (Phi) is 2.89. The molecule has 1 aliphatic rings. The predicted octanol–water partition coefficient (Wildman–Crippen LogP) is 1.52. The SMILES string of the molecule is Oc1ccccc1OC1CCNCC1. The van der Waals surface area contributed by atoms with Gasteiger partial charge in [0, 0.05) is 0 Å². The van der Waals surface area contributed by atoms with E-state index in [0.717, 1.165) is 25.9 Å². The van der Waals surface area contributed by atoms with Crippen molar-refractivity contribution in [2.24, 2.45) is 0 Å².